The molecule has 3 amide bonds. The molecule has 2 heterocycles. The van der Waals surface area contributed by atoms with Gasteiger partial charge in [-0.3, -0.25) is 4.79 Å². The Bertz CT molecular complexity index is 520. The van der Waals surface area contributed by atoms with Crippen molar-refractivity contribution in [2.75, 3.05) is 26.2 Å². The number of rotatable bonds is 3. The van der Waals surface area contributed by atoms with E-state index in [9.17, 15) is 9.59 Å². The van der Waals surface area contributed by atoms with Gasteiger partial charge in [-0.25, -0.2) is 9.78 Å². The molecule has 0 bridgehead atoms. The highest BCUT2D eigenvalue weighted by molar-refractivity contribution is 7.07. The lowest BCUT2D eigenvalue weighted by molar-refractivity contribution is -0.138. The molecule has 7 heteroatoms. The van der Waals surface area contributed by atoms with Gasteiger partial charge in [-0.15, -0.1) is 11.3 Å². The number of nitrogens with zero attached hydrogens (tertiary/aromatic N) is 3. The summed E-state index contributed by atoms with van der Waals surface area (Å²) in [6.45, 7) is 2.99. The molecule has 23 heavy (non-hydrogen) atoms. The van der Waals surface area contributed by atoms with Gasteiger partial charge in [0.15, 0.2) is 0 Å². The molecule has 1 saturated heterocycles. The molecule has 1 aliphatic heterocycles. The number of urea groups is 1. The van der Waals surface area contributed by atoms with Crippen molar-refractivity contribution in [2.24, 2.45) is 5.92 Å². The average Bonchev–Trinajstić information content (AvgIpc) is 3.13. The zero-order valence-corrected chi connectivity index (χ0v) is 14.2. The van der Waals surface area contributed by atoms with Crippen molar-refractivity contribution in [3.63, 3.8) is 0 Å². The lowest BCUT2D eigenvalue weighted by Crippen LogP contribution is -2.54. The number of carbonyl (C=O) groups is 2. The minimum atomic E-state index is -0.0669. The van der Waals surface area contributed by atoms with Crippen molar-refractivity contribution in [2.45, 2.75) is 38.6 Å². The summed E-state index contributed by atoms with van der Waals surface area (Å²) in [6, 6.07) is -0.0669. The van der Waals surface area contributed by atoms with Crippen LogP contribution in [-0.4, -0.2) is 52.9 Å². The third-order valence-corrected chi connectivity index (χ3v) is 5.37. The van der Waals surface area contributed by atoms with Crippen LogP contribution in [-0.2, 0) is 11.3 Å². The number of piperazine rings is 1. The van der Waals surface area contributed by atoms with Gasteiger partial charge < -0.3 is 15.1 Å². The first kappa shape index (κ1) is 16.2. The number of hydrogen-bond acceptors (Lipinski definition) is 4. The highest BCUT2D eigenvalue weighted by Gasteiger charge is 2.29. The summed E-state index contributed by atoms with van der Waals surface area (Å²) in [6.07, 6.45) is 5.68. The molecule has 0 atom stereocenters. The third kappa shape index (κ3) is 4.22. The van der Waals surface area contributed by atoms with Gasteiger partial charge in [0.05, 0.1) is 17.7 Å². The number of thiazole rings is 1. The Morgan fingerprint density at radius 2 is 1.83 bits per heavy atom. The van der Waals surface area contributed by atoms with Gasteiger partial charge in [0, 0.05) is 37.5 Å². The van der Waals surface area contributed by atoms with E-state index in [0.717, 1.165) is 18.5 Å². The normalized spacial score (nSPS) is 19.7. The van der Waals surface area contributed by atoms with E-state index in [1.807, 2.05) is 10.3 Å². The van der Waals surface area contributed by atoms with Crippen molar-refractivity contribution < 1.29 is 9.59 Å². The van der Waals surface area contributed by atoms with Crippen LogP contribution in [0.5, 0.6) is 0 Å². The third-order valence-electron chi connectivity index (χ3n) is 4.74. The molecule has 0 unspecified atom stereocenters. The van der Waals surface area contributed by atoms with Crippen LogP contribution in [0.2, 0.25) is 0 Å². The van der Waals surface area contributed by atoms with Crippen LogP contribution < -0.4 is 5.32 Å². The molecule has 6 nitrogen and oxygen atoms in total. The van der Waals surface area contributed by atoms with Crippen molar-refractivity contribution in [1.29, 1.82) is 0 Å². The molecular formula is C16H24N4O2S. The molecular weight excluding hydrogens is 312 g/mol. The molecule has 1 aliphatic carbocycles. The SMILES string of the molecule is O=C(NCc1cscn1)N1CCN(C(=O)C2CCCCC2)CC1. The number of nitrogens with one attached hydrogen (secondary N) is 1. The van der Waals surface area contributed by atoms with Crippen LogP contribution in [0.3, 0.4) is 0 Å². The smallest absolute Gasteiger partial charge is 0.317 e. The lowest BCUT2D eigenvalue weighted by atomic mass is 9.88. The van der Waals surface area contributed by atoms with Gasteiger partial charge in [0.2, 0.25) is 5.91 Å². The van der Waals surface area contributed by atoms with E-state index in [0.29, 0.717) is 38.6 Å². The van der Waals surface area contributed by atoms with Gasteiger partial charge in [-0.2, -0.15) is 0 Å². The molecule has 3 rings (SSSR count). The fourth-order valence-electron chi connectivity index (χ4n) is 3.34. The first-order chi connectivity index (χ1) is 11.2. The summed E-state index contributed by atoms with van der Waals surface area (Å²) in [5.41, 5.74) is 2.64. The Morgan fingerprint density at radius 1 is 1.13 bits per heavy atom. The molecule has 2 fully saturated rings. The second-order valence-corrected chi connectivity index (χ2v) is 7.00. The number of aromatic nitrogens is 1. The van der Waals surface area contributed by atoms with Crippen LogP contribution in [0.25, 0.3) is 0 Å². The number of carbonyl (C=O) groups excluding carboxylic acids is 2. The second kappa shape index (κ2) is 7.77. The zero-order chi connectivity index (χ0) is 16.1. The van der Waals surface area contributed by atoms with E-state index in [1.54, 1.807) is 10.4 Å². The first-order valence-corrected chi connectivity index (χ1v) is 9.37. The summed E-state index contributed by atoms with van der Waals surface area (Å²) < 4.78 is 0. The van der Waals surface area contributed by atoms with Crippen molar-refractivity contribution in [3.8, 4) is 0 Å². The summed E-state index contributed by atoms with van der Waals surface area (Å²) in [5.74, 6) is 0.515. The van der Waals surface area contributed by atoms with Crippen molar-refractivity contribution in [3.05, 3.63) is 16.6 Å². The van der Waals surface area contributed by atoms with Gasteiger partial charge in [-0.05, 0) is 12.8 Å². The van der Waals surface area contributed by atoms with E-state index in [-0.39, 0.29) is 11.9 Å². The largest absolute Gasteiger partial charge is 0.339 e. The fraction of sp³-hybridized carbons (Fsp3) is 0.688. The van der Waals surface area contributed by atoms with Crippen LogP contribution in [0.4, 0.5) is 4.79 Å². The Labute approximate surface area is 140 Å². The van der Waals surface area contributed by atoms with Crippen molar-refractivity contribution >= 4 is 23.3 Å². The predicted molar refractivity (Wildman–Crippen MR) is 89.1 cm³/mol. The summed E-state index contributed by atoms with van der Waals surface area (Å²) >= 11 is 1.52. The van der Waals surface area contributed by atoms with E-state index >= 15 is 0 Å². The topological polar surface area (TPSA) is 65.5 Å². The lowest BCUT2D eigenvalue weighted by Gasteiger charge is -2.37. The van der Waals surface area contributed by atoms with E-state index < -0.39 is 0 Å². The molecule has 1 N–H and O–H groups in total. The first-order valence-electron chi connectivity index (χ1n) is 8.42. The van der Waals surface area contributed by atoms with Gasteiger partial charge in [-0.1, -0.05) is 19.3 Å². The highest BCUT2D eigenvalue weighted by Crippen LogP contribution is 2.25. The highest BCUT2D eigenvalue weighted by atomic mass is 32.1. The van der Waals surface area contributed by atoms with Gasteiger partial charge in [0.1, 0.15) is 0 Å². The molecule has 0 radical (unpaired) electrons. The predicted octanol–water partition coefficient (Wildman–Crippen LogP) is 2.08. The summed E-state index contributed by atoms with van der Waals surface area (Å²) in [7, 11) is 0. The Hall–Kier alpha value is -1.63. The molecule has 1 aromatic rings. The molecule has 0 spiro atoms. The molecule has 1 aromatic heterocycles. The molecule has 126 valence electrons. The fourth-order valence-corrected chi connectivity index (χ4v) is 3.90. The minimum Gasteiger partial charge on any atom is -0.339 e. The standard InChI is InChI=1S/C16H24N4O2S/c21-15(13-4-2-1-3-5-13)19-6-8-20(9-7-19)16(22)17-10-14-11-23-12-18-14/h11-13H,1-10H2,(H,17,22). The molecule has 2 aliphatic rings. The van der Waals surface area contributed by atoms with Crippen LogP contribution in [0.15, 0.2) is 10.9 Å². The van der Waals surface area contributed by atoms with Gasteiger partial charge >= 0.3 is 6.03 Å². The maximum atomic E-state index is 12.5. The second-order valence-electron chi connectivity index (χ2n) is 6.29. The average molecular weight is 336 g/mol. The quantitative estimate of drug-likeness (QED) is 0.919. The van der Waals surface area contributed by atoms with Crippen LogP contribution in [0, 0.1) is 5.92 Å². The van der Waals surface area contributed by atoms with Crippen molar-refractivity contribution in [1.82, 2.24) is 20.1 Å². The summed E-state index contributed by atoms with van der Waals surface area (Å²) in [5, 5.41) is 4.82. The Balaban J connectivity index is 1.42. The number of hydrogen-bond donors (Lipinski definition) is 1. The van der Waals surface area contributed by atoms with Crippen LogP contribution in [0.1, 0.15) is 37.8 Å². The van der Waals surface area contributed by atoms with E-state index in [4.69, 9.17) is 0 Å². The maximum Gasteiger partial charge on any atom is 0.317 e. The Kier molecular flexibility index (Phi) is 5.48. The number of amides is 3. The zero-order valence-electron chi connectivity index (χ0n) is 13.4. The summed E-state index contributed by atoms with van der Waals surface area (Å²) in [4.78, 5) is 32.6. The monoisotopic (exact) mass is 336 g/mol. The van der Waals surface area contributed by atoms with E-state index in [1.165, 1.54) is 30.6 Å². The molecule has 1 saturated carbocycles. The van der Waals surface area contributed by atoms with Crippen LogP contribution >= 0.6 is 11.3 Å². The maximum absolute atomic E-state index is 12.5. The Morgan fingerprint density at radius 3 is 2.48 bits per heavy atom. The minimum absolute atomic E-state index is 0.0669. The van der Waals surface area contributed by atoms with E-state index in [2.05, 4.69) is 10.3 Å². The molecule has 0 aromatic carbocycles. The van der Waals surface area contributed by atoms with Gasteiger partial charge in [0.25, 0.3) is 0 Å².